The molecule has 1 atom stereocenters. The van der Waals surface area contributed by atoms with Crippen LogP contribution in [-0.2, 0) is 17.7 Å². The van der Waals surface area contributed by atoms with Gasteiger partial charge in [0.1, 0.15) is 0 Å². The summed E-state index contributed by atoms with van der Waals surface area (Å²) >= 11 is 0. The van der Waals surface area contributed by atoms with Gasteiger partial charge in [-0.1, -0.05) is 18.2 Å². The van der Waals surface area contributed by atoms with E-state index < -0.39 is 0 Å². The van der Waals surface area contributed by atoms with Crippen LogP contribution in [0.15, 0.2) is 24.3 Å². The lowest BCUT2D eigenvalue weighted by Gasteiger charge is -2.14. The largest absolute Gasteiger partial charge is 0.385 e. The van der Waals surface area contributed by atoms with Crippen LogP contribution in [0.3, 0.4) is 0 Å². The van der Waals surface area contributed by atoms with Crippen LogP contribution in [0.2, 0.25) is 0 Å². The van der Waals surface area contributed by atoms with Crippen molar-refractivity contribution in [2.24, 2.45) is 5.84 Å². The Kier molecular flexibility index (Phi) is 5.52. The molecule has 0 aliphatic carbocycles. The fraction of sp³-hybridized carbons (Fsp3) is 0.533. The normalized spacial score (nSPS) is 12.9. The second-order valence-electron chi connectivity index (χ2n) is 4.98. The summed E-state index contributed by atoms with van der Waals surface area (Å²) in [6.07, 6.45) is 2.82. The van der Waals surface area contributed by atoms with Gasteiger partial charge in [0, 0.05) is 38.1 Å². The first-order chi connectivity index (χ1) is 9.80. The molecule has 0 radical (unpaired) electrons. The van der Waals surface area contributed by atoms with Gasteiger partial charge in [-0.15, -0.1) is 0 Å². The van der Waals surface area contributed by atoms with Crippen LogP contribution in [0, 0.1) is 0 Å². The molecule has 0 saturated heterocycles. The number of aryl methyl sites for hydroxylation is 1. The van der Waals surface area contributed by atoms with Crippen molar-refractivity contribution in [3.05, 3.63) is 30.0 Å². The van der Waals surface area contributed by atoms with Gasteiger partial charge in [-0.25, -0.2) is 0 Å². The molecule has 1 aromatic carbocycles. The summed E-state index contributed by atoms with van der Waals surface area (Å²) in [4.78, 5) is 0. The van der Waals surface area contributed by atoms with Crippen LogP contribution in [0.4, 0.5) is 0 Å². The van der Waals surface area contributed by atoms with Crippen LogP contribution in [0.5, 0.6) is 0 Å². The Labute approximate surface area is 120 Å². The maximum Gasteiger partial charge on any atom is 0.0719 e. The quantitative estimate of drug-likeness (QED) is 0.439. The zero-order chi connectivity index (χ0) is 14.4. The Morgan fingerprint density at radius 3 is 2.90 bits per heavy atom. The van der Waals surface area contributed by atoms with Gasteiger partial charge in [0.15, 0.2) is 0 Å². The predicted molar refractivity (Wildman–Crippen MR) is 81.3 cm³/mol. The minimum Gasteiger partial charge on any atom is -0.385 e. The minimum absolute atomic E-state index is 0.230. The molecule has 20 heavy (non-hydrogen) atoms. The van der Waals surface area contributed by atoms with Gasteiger partial charge in [-0.05, 0) is 25.8 Å². The first-order valence-electron chi connectivity index (χ1n) is 7.19. The van der Waals surface area contributed by atoms with E-state index >= 15 is 0 Å². The van der Waals surface area contributed by atoms with Crippen molar-refractivity contribution < 1.29 is 4.74 Å². The van der Waals surface area contributed by atoms with Crippen LogP contribution >= 0.6 is 0 Å². The topological polar surface area (TPSA) is 65.1 Å². The molecule has 0 aliphatic heterocycles. The van der Waals surface area contributed by atoms with Gasteiger partial charge >= 0.3 is 0 Å². The van der Waals surface area contributed by atoms with E-state index in [1.165, 1.54) is 10.9 Å². The molecule has 0 saturated carbocycles. The molecule has 0 bridgehead atoms. The Balaban J connectivity index is 2.15. The number of hydrogen-bond acceptors (Lipinski definition) is 4. The lowest BCUT2D eigenvalue weighted by Crippen LogP contribution is -2.37. The summed E-state index contributed by atoms with van der Waals surface area (Å²) in [5.74, 6) is 5.66. The van der Waals surface area contributed by atoms with Crippen LogP contribution in [0.1, 0.15) is 25.5 Å². The molecule has 0 amide bonds. The summed E-state index contributed by atoms with van der Waals surface area (Å²) in [6, 6.07) is 8.59. The number of aromatic nitrogens is 2. The highest BCUT2D eigenvalue weighted by atomic mass is 16.5. The maximum absolute atomic E-state index is 5.66. The van der Waals surface area contributed by atoms with Crippen LogP contribution < -0.4 is 11.3 Å². The number of fused-ring (bicyclic) bond motifs is 1. The molecule has 0 fully saturated rings. The summed E-state index contributed by atoms with van der Waals surface area (Å²) in [7, 11) is 1.72. The molecule has 1 aromatic heterocycles. The van der Waals surface area contributed by atoms with E-state index in [1.807, 2.05) is 4.68 Å². The average molecular weight is 276 g/mol. The number of methoxy groups -OCH3 is 1. The number of ether oxygens (including phenoxy) is 1. The molecule has 5 nitrogen and oxygen atoms in total. The highest BCUT2D eigenvalue weighted by Gasteiger charge is 2.14. The molecular weight excluding hydrogens is 252 g/mol. The van der Waals surface area contributed by atoms with E-state index in [0.717, 1.165) is 38.1 Å². The van der Waals surface area contributed by atoms with Gasteiger partial charge in [0.2, 0.25) is 0 Å². The SMILES string of the molecule is CCn1nc(CC(CCCOC)NN)c2ccccc21. The van der Waals surface area contributed by atoms with Gasteiger partial charge in [-0.3, -0.25) is 16.0 Å². The number of nitrogens with two attached hydrogens (primary N) is 1. The number of hydrogen-bond donors (Lipinski definition) is 2. The van der Waals surface area contributed by atoms with Crippen LogP contribution in [0.25, 0.3) is 10.9 Å². The average Bonchev–Trinajstić information content (AvgIpc) is 2.84. The molecule has 2 aromatic rings. The molecule has 3 N–H and O–H groups in total. The molecule has 110 valence electrons. The Bertz CT molecular complexity index is 538. The standard InChI is InChI=1S/C15H24N4O/c1-3-19-15-9-5-4-8-13(15)14(18-19)11-12(17-16)7-6-10-20-2/h4-5,8-9,12,17H,3,6-7,10-11,16H2,1-2H3. The lowest BCUT2D eigenvalue weighted by molar-refractivity contribution is 0.188. The van der Waals surface area contributed by atoms with Crippen molar-refractivity contribution in [1.82, 2.24) is 15.2 Å². The predicted octanol–water partition coefficient (Wildman–Crippen LogP) is 1.86. The van der Waals surface area contributed by atoms with E-state index in [9.17, 15) is 0 Å². The van der Waals surface area contributed by atoms with Gasteiger partial charge in [-0.2, -0.15) is 5.10 Å². The Hall–Kier alpha value is -1.43. The van der Waals surface area contributed by atoms with E-state index in [1.54, 1.807) is 7.11 Å². The monoisotopic (exact) mass is 276 g/mol. The summed E-state index contributed by atoms with van der Waals surface area (Å²) < 4.78 is 7.14. The summed E-state index contributed by atoms with van der Waals surface area (Å²) in [6.45, 7) is 3.76. The number of hydrazine groups is 1. The van der Waals surface area contributed by atoms with Crippen molar-refractivity contribution in [1.29, 1.82) is 0 Å². The zero-order valence-corrected chi connectivity index (χ0v) is 12.3. The smallest absolute Gasteiger partial charge is 0.0719 e. The number of para-hydroxylation sites is 1. The number of rotatable bonds is 8. The van der Waals surface area contributed by atoms with Gasteiger partial charge < -0.3 is 4.74 Å². The van der Waals surface area contributed by atoms with Crippen molar-refractivity contribution >= 4 is 10.9 Å². The highest BCUT2D eigenvalue weighted by molar-refractivity contribution is 5.82. The van der Waals surface area contributed by atoms with E-state index in [4.69, 9.17) is 15.7 Å². The van der Waals surface area contributed by atoms with Crippen molar-refractivity contribution in [2.45, 2.75) is 38.8 Å². The maximum atomic E-state index is 5.66. The summed E-state index contributed by atoms with van der Waals surface area (Å²) in [5.41, 5.74) is 5.20. The number of nitrogens with zero attached hydrogens (tertiary/aromatic N) is 2. The van der Waals surface area contributed by atoms with E-state index in [2.05, 4.69) is 36.6 Å². The first-order valence-corrected chi connectivity index (χ1v) is 7.19. The Morgan fingerprint density at radius 2 is 2.20 bits per heavy atom. The third-order valence-corrected chi connectivity index (χ3v) is 3.61. The lowest BCUT2D eigenvalue weighted by atomic mass is 10.0. The molecular formula is C15H24N4O. The van der Waals surface area contributed by atoms with Crippen molar-refractivity contribution in [3.8, 4) is 0 Å². The first kappa shape index (κ1) is 15.0. The third-order valence-electron chi connectivity index (χ3n) is 3.61. The third kappa shape index (κ3) is 3.36. The molecule has 1 heterocycles. The molecule has 1 unspecified atom stereocenters. The minimum atomic E-state index is 0.230. The van der Waals surface area contributed by atoms with Crippen molar-refractivity contribution in [3.63, 3.8) is 0 Å². The van der Waals surface area contributed by atoms with Gasteiger partial charge in [0.25, 0.3) is 0 Å². The Morgan fingerprint density at radius 1 is 1.40 bits per heavy atom. The number of nitrogens with one attached hydrogen (secondary N) is 1. The van der Waals surface area contributed by atoms with Crippen molar-refractivity contribution in [2.75, 3.05) is 13.7 Å². The number of benzene rings is 1. The van der Waals surface area contributed by atoms with Gasteiger partial charge in [0.05, 0.1) is 11.2 Å². The second kappa shape index (κ2) is 7.38. The second-order valence-corrected chi connectivity index (χ2v) is 4.98. The highest BCUT2D eigenvalue weighted by Crippen LogP contribution is 2.20. The zero-order valence-electron chi connectivity index (χ0n) is 12.3. The molecule has 2 rings (SSSR count). The molecule has 0 aliphatic rings. The van der Waals surface area contributed by atoms with Crippen LogP contribution in [-0.4, -0.2) is 29.5 Å². The van der Waals surface area contributed by atoms with E-state index in [0.29, 0.717) is 0 Å². The van der Waals surface area contributed by atoms with E-state index in [-0.39, 0.29) is 6.04 Å². The summed E-state index contributed by atoms with van der Waals surface area (Å²) in [5, 5.41) is 5.94. The molecule has 5 heteroatoms. The fourth-order valence-corrected chi connectivity index (χ4v) is 2.54. The molecule has 0 spiro atoms. The fourth-order valence-electron chi connectivity index (χ4n) is 2.54.